The second kappa shape index (κ2) is 5.09. The molecule has 3 heterocycles. The summed E-state index contributed by atoms with van der Waals surface area (Å²) in [5.74, 6) is 1.86. The van der Waals surface area contributed by atoms with Crippen molar-refractivity contribution in [2.75, 3.05) is 12.4 Å². The Balaban J connectivity index is 2.12. The number of halogens is 1. The number of nitrogens with one attached hydrogen (secondary N) is 1. The van der Waals surface area contributed by atoms with E-state index in [1.807, 2.05) is 38.5 Å². The Morgan fingerprint density at radius 2 is 2.15 bits per heavy atom. The van der Waals surface area contributed by atoms with Crippen molar-refractivity contribution in [1.82, 2.24) is 19.7 Å². The van der Waals surface area contributed by atoms with Gasteiger partial charge in [-0.3, -0.25) is 4.68 Å². The van der Waals surface area contributed by atoms with Gasteiger partial charge in [0.2, 0.25) is 0 Å². The van der Waals surface area contributed by atoms with Crippen LogP contribution in [0.25, 0.3) is 22.8 Å². The molecule has 0 aliphatic heterocycles. The first-order valence-electron chi connectivity index (χ1n) is 5.97. The highest BCUT2D eigenvalue weighted by Crippen LogP contribution is 2.26. The molecule has 0 fully saturated rings. The van der Waals surface area contributed by atoms with Crippen molar-refractivity contribution < 1.29 is 4.42 Å². The van der Waals surface area contributed by atoms with Crippen LogP contribution in [0.5, 0.6) is 0 Å². The highest BCUT2D eigenvalue weighted by molar-refractivity contribution is 9.10. The van der Waals surface area contributed by atoms with Gasteiger partial charge in [0.15, 0.2) is 16.3 Å². The summed E-state index contributed by atoms with van der Waals surface area (Å²) in [6.45, 7) is 0. The predicted octanol–water partition coefficient (Wildman–Crippen LogP) is 2.94. The second-order valence-electron chi connectivity index (χ2n) is 4.22. The Morgan fingerprint density at radius 1 is 1.30 bits per heavy atom. The van der Waals surface area contributed by atoms with Crippen molar-refractivity contribution >= 4 is 21.7 Å². The lowest BCUT2D eigenvalue weighted by molar-refractivity contribution is 0.551. The lowest BCUT2D eigenvalue weighted by Crippen LogP contribution is -1.98. The third-order valence-electron chi connectivity index (χ3n) is 2.78. The molecule has 0 bridgehead atoms. The van der Waals surface area contributed by atoms with E-state index in [9.17, 15) is 0 Å². The second-order valence-corrected chi connectivity index (χ2v) is 5.00. The van der Waals surface area contributed by atoms with E-state index in [1.54, 1.807) is 10.9 Å². The number of aryl methyl sites for hydroxylation is 1. The number of furan rings is 1. The van der Waals surface area contributed by atoms with Crippen LogP contribution in [0.2, 0.25) is 0 Å². The minimum Gasteiger partial charge on any atom is -0.446 e. The molecule has 0 spiro atoms. The number of hydrogen-bond acceptors (Lipinski definition) is 5. The molecule has 1 N–H and O–H groups in total. The molecular formula is C13H12BrN5O. The Kier molecular flexibility index (Phi) is 3.27. The van der Waals surface area contributed by atoms with E-state index < -0.39 is 0 Å². The molecule has 0 saturated carbocycles. The van der Waals surface area contributed by atoms with E-state index in [-0.39, 0.29) is 0 Å². The monoisotopic (exact) mass is 333 g/mol. The minimum atomic E-state index is 0.529. The van der Waals surface area contributed by atoms with Crippen molar-refractivity contribution in [1.29, 1.82) is 0 Å². The summed E-state index contributed by atoms with van der Waals surface area (Å²) < 4.78 is 7.89. The normalized spacial score (nSPS) is 10.8. The lowest BCUT2D eigenvalue weighted by atomic mass is 10.2. The molecular weight excluding hydrogens is 322 g/mol. The van der Waals surface area contributed by atoms with Gasteiger partial charge >= 0.3 is 0 Å². The van der Waals surface area contributed by atoms with Gasteiger partial charge in [-0.15, -0.1) is 0 Å². The topological polar surface area (TPSA) is 68.8 Å². The number of aromatic nitrogens is 4. The zero-order valence-corrected chi connectivity index (χ0v) is 12.5. The van der Waals surface area contributed by atoms with E-state index >= 15 is 0 Å². The zero-order valence-electron chi connectivity index (χ0n) is 11.0. The fraction of sp³-hybridized carbons (Fsp3) is 0.154. The highest BCUT2D eigenvalue weighted by Gasteiger charge is 2.12. The molecule has 3 rings (SSSR count). The first-order valence-corrected chi connectivity index (χ1v) is 6.76. The summed E-state index contributed by atoms with van der Waals surface area (Å²) in [5.41, 5.74) is 1.72. The summed E-state index contributed by atoms with van der Waals surface area (Å²) in [5, 5.41) is 7.19. The van der Waals surface area contributed by atoms with Gasteiger partial charge in [0.1, 0.15) is 5.82 Å². The molecule has 0 saturated heterocycles. The van der Waals surface area contributed by atoms with Crippen LogP contribution >= 0.6 is 15.9 Å². The summed E-state index contributed by atoms with van der Waals surface area (Å²) >= 11 is 3.28. The van der Waals surface area contributed by atoms with Crippen LogP contribution in [-0.2, 0) is 7.05 Å². The van der Waals surface area contributed by atoms with Gasteiger partial charge in [-0.2, -0.15) is 5.10 Å². The Labute approximate surface area is 124 Å². The van der Waals surface area contributed by atoms with Crippen LogP contribution in [0, 0.1) is 0 Å². The fourth-order valence-corrected chi connectivity index (χ4v) is 2.13. The quantitative estimate of drug-likeness (QED) is 0.798. The number of nitrogens with zero attached hydrogens (tertiary/aromatic N) is 4. The van der Waals surface area contributed by atoms with E-state index in [0.717, 1.165) is 17.1 Å². The van der Waals surface area contributed by atoms with Crippen molar-refractivity contribution in [2.24, 2.45) is 7.05 Å². The average molecular weight is 334 g/mol. The molecule has 102 valence electrons. The number of hydrogen-bond donors (Lipinski definition) is 1. The van der Waals surface area contributed by atoms with E-state index in [0.29, 0.717) is 16.3 Å². The molecule has 0 aliphatic carbocycles. The van der Waals surface area contributed by atoms with Gasteiger partial charge in [-0.25, -0.2) is 9.97 Å². The van der Waals surface area contributed by atoms with Crippen LogP contribution in [0.1, 0.15) is 0 Å². The molecule has 0 amide bonds. The largest absolute Gasteiger partial charge is 0.446 e. The van der Waals surface area contributed by atoms with Crippen LogP contribution in [0.3, 0.4) is 0 Å². The van der Waals surface area contributed by atoms with Gasteiger partial charge in [0.25, 0.3) is 0 Å². The third-order valence-corrected chi connectivity index (χ3v) is 3.20. The fourth-order valence-electron chi connectivity index (χ4n) is 1.82. The van der Waals surface area contributed by atoms with Crippen LogP contribution in [-0.4, -0.2) is 26.8 Å². The number of rotatable bonds is 3. The van der Waals surface area contributed by atoms with Crippen molar-refractivity contribution in [2.45, 2.75) is 0 Å². The number of anilines is 1. The summed E-state index contributed by atoms with van der Waals surface area (Å²) in [6, 6.07) is 5.51. The molecule has 0 radical (unpaired) electrons. The predicted molar refractivity (Wildman–Crippen MR) is 79.2 cm³/mol. The first-order chi connectivity index (χ1) is 9.65. The SMILES string of the molecule is CNc1cc(-c2cnn(C)c2)nc(-c2ccc(Br)o2)n1. The van der Waals surface area contributed by atoms with E-state index in [2.05, 4.69) is 36.3 Å². The van der Waals surface area contributed by atoms with Crippen molar-refractivity contribution in [3.8, 4) is 22.8 Å². The van der Waals surface area contributed by atoms with Gasteiger partial charge < -0.3 is 9.73 Å². The Bertz CT molecular complexity index is 690. The summed E-state index contributed by atoms with van der Waals surface area (Å²) in [6.07, 6.45) is 3.67. The molecule has 0 unspecified atom stereocenters. The molecule has 0 aliphatic rings. The van der Waals surface area contributed by atoms with E-state index in [4.69, 9.17) is 4.42 Å². The lowest BCUT2D eigenvalue weighted by Gasteiger charge is -2.05. The van der Waals surface area contributed by atoms with E-state index in [1.165, 1.54) is 0 Å². The molecule has 0 atom stereocenters. The summed E-state index contributed by atoms with van der Waals surface area (Å²) in [4.78, 5) is 8.93. The molecule has 6 nitrogen and oxygen atoms in total. The molecule has 7 heteroatoms. The van der Waals surface area contributed by atoms with Gasteiger partial charge in [-0.1, -0.05) is 0 Å². The first kappa shape index (κ1) is 12.9. The van der Waals surface area contributed by atoms with Crippen LogP contribution < -0.4 is 5.32 Å². The van der Waals surface area contributed by atoms with Gasteiger partial charge in [0, 0.05) is 31.9 Å². The Morgan fingerprint density at radius 3 is 2.75 bits per heavy atom. The van der Waals surface area contributed by atoms with Crippen molar-refractivity contribution in [3.63, 3.8) is 0 Å². The molecule has 0 aromatic carbocycles. The zero-order chi connectivity index (χ0) is 14.1. The Hall–Kier alpha value is -2.15. The average Bonchev–Trinajstić information content (AvgIpc) is 3.07. The van der Waals surface area contributed by atoms with Gasteiger partial charge in [0.05, 0.1) is 11.9 Å². The third kappa shape index (κ3) is 2.44. The van der Waals surface area contributed by atoms with Gasteiger partial charge in [-0.05, 0) is 28.1 Å². The van der Waals surface area contributed by atoms with Crippen LogP contribution in [0.4, 0.5) is 5.82 Å². The maximum Gasteiger partial charge on any atom is 0.198 e. The minimum absolute atomic E-state index is 0.529. The standard InChI is InChI=1S/C13H12BrN5O/c1-15-12-5-9(8-6-16-19(2)7-8)17-13(18-12)10-3-4-11(14)20-10/h3-7H,1-2H3,(H,15,17,18). The molecule has 3 aromatic rings. The summed E-state index contributed by atoms with van der Waals surface area (Å²) in [7, 11) is 3.69. The smallest absolute Gasteiger partial charge is 0.198 e. The maximum absolute atomic E-state index is 5.51. The van der Waals surface area contributed by atoms with Crippen LogP contribution in [0.15, 0.2) is 39.7 Å². The molecule has 20 heavy (non-hydrogen) atoms. The maximum atomic E-state index is 5.51. The highest BCUT2D eigenvalue weighted by atomic mass is 79.9. The molecule has 3 aromatic heterocycles. The van der Waals surface area contributed by atoms with Crippen molar-refractivity contribution in [3.05, 3.63) is 35.3 Å².